The molecule has 0 aromatic rings. The maximum Gasteiger partial charge on any atom is 0.0594 e. The minimum absolute atomic E-state index is 0.758. The van der Waals surface area contributed by atoms with Crippen molar-refractivity contribution < 1.29 is 4.74 Å². The number of halogens is 1. The fourth-order valence-electron chi connectivity index (χ4n) is 2.46. The summed E-state index contributed by atoms with van der Waals surface area (Å²) in [6.45, 7) is 12.2. The van der Waals surface area contributed by atoms with E-state index in [-0.39, 0.29) is 0 Å². The van der Waals surface area contributed by atoms with E-state index in [1.54, 1.807) is 0 Å². The summed E-state index contributed by atoms with van der Waals surface area (Å²) in [4.78, 5) is 7.53. The molecule has 2 fully saturated rings. The molecule has 2 aliphatic heterocycles. The van der Waals surface area contributed by atoms with Crippen LogP contribution >= 0.6 is 11.6 Å². The Morgan fingerprint density at radius 1 is 0.706 bits per heavy atom. The number of alkyl halides is 1. The fourth-order valence-corrected chi connectivity index (χ4v) is 2.70. The second kappa shape index (κ2) is 7.54. The number of rotatable bonds is 5. The Hall–Kier alpha value is 0.130. The number of ether oxygens (including phenoxy) is 1. The molecule has 0 aliphatic carbocycles. The molecule has 2 heterocycles. The summed E-state index contributed by atoms with van der Waals surface area (Å²) in [5.74, 6) is 0.758. The molecule has 5 heteroatoms. The number of nitrogens with zero attached hydrogens (tertiary/aromatic N) is 3. The highest BCUT2D eigenvalue weighted by Gasteiger charge is 2.17. The highest BCUT2D eigenvalue weighted by Crippen LogP contribution is 2.03. The fraction of sp³-hybridized carbons (Fsp3) is 1.00. The zero-order valence-corrected chi connectivity index (χ0v) is 11.4. The quantitative estimate of drug-likeness (QED) is 0.657. The highest BCUT2D eigenvalue weighted by atomic mass is 35.5. The van der Waals surface area contributed by atoms with Crippen LogP contribution in [-0.2, 0) is 4.74 Å². The molecule has 4 nitrogen and oxygen atoms in total. The molecule has 0 amide bonds. The first-order chi connectivity index (χ1) is 8.38. The van der Waals surface area contributed by atoms with Crippen molar-refractivity contribution >= 4 is 11.6 Å². The summed E-state index contributed by atoms with van der Waals surface area (Å²) in [6.07, 6.45) is 0. The van der Waals surface area contributed by atoms with Gasteiger partial charge < -0.3 is 4.74 Å². The van der Waals surface area contributed by atoms with Crippen molar-refractivity contribution in [1.82, 2.24) is 14.7 Å². The summed E-state index contributed by atoms with van der Waals surface area (Å²) >= 11 is 5.76. The first-order valence-corrected chi connectivity index (χ1v) is 7.23. The molecule has 2 rings (SSSR count). The zero-order chi connectivity index (χ0) is 11.9. The van der Waals surface area contributed by atoms with Crippen LogP contribution in [0.25, 0.3) is 0 Å². The first-order valence-electron chi connectivity index (χ1n) is 6.69. The van der Waals surface area contributed by atoms with Gasteiger partial charge >= 0.3 is 0 Å². The van der Waals surface area contributed by atoms with Crippen LogP contribution in [0.5, 0.6) is 0 Å². The van der Waals surface area contributed by atoms with E-state index < -0.39 is 0 Å². The van der Waals surface area contributed by atoms with Crippen LogP contribution in [0, 0.1) is 0 Å². The number of hydrogen-bond donors (Lipinski definition) is 0. The molecular formula is C12H24ClN3O. The summed E-state index contributed by atoms with van der Waals surface area (Å²) in [5, 5.41) is 0. The molecule has 100 valence electrons. The molecular weight excluding hydrogens is 238 g/mol. The van der Waals surface area contributed by atoms with E-state index in [9.17, 15) is 0 Å². The van der Waals surface area contributed by atoms with Gasteiger partial charge in [-0.25, -0.2) is 0 Å². The second-order valence-electron chi connectivity index (χ2n) is 4.83. The van der Waals surface area contributed by atoms with E-state index in [2.05, 4.69) is 14.7 Å². The highest BCUT2D eigenvalue weighted by molar-refractivity contribution is 6.18. The molecule has 0 radical (unpaired) electrons. The van der Waals surface area contributed by atoms with Crippen molar-refractivity contribution in [2.45, 2.75) is 0 Å². The van der Waals surface area contributed by atoms with Gasteiger partial charge in [0.15, 0.2) is 0 Å². The molecule has 0 saturated carbocycles. The van der Waals surface area contributed by atoms with Crippen molar-refractivity contribution in [2.75, 3.05) is 78.0 Å². The predicted molar refractivity (Wildman–Crippen MR) is 70.9 cm³/mol. The van der Waals surface area contributed by atoms with Crippen LogP contribution in [0.2, 0.25) is 0 Å². The monoisotopic (exact) mass is 261 g/mol. The molecule has 0 aromatic heterocycles. The molecule has 2 aliphatic rings. The van der Waals surface area contributed by atoms with Gasteiger partial charge in [0.1, 0.15) is 0 Å². The average molecular weight is 262 g/mol. The van der Waals surface area contributed by atoms with Crippen LogP contribution < -0.4 is 0 Å². The van der Waals surface area contributed by atoms with Gasteiger partial charge in [0.25, 0.3) is 0 Å². The molecule has 0 spiro atoms. The lowest BCUT2D eigenvalue weighted by atomic mass is 10.3. The van der Waals surface area contributed by atoms with Gasteiger partial charge in [0.05, 0.1) is 13.2 Å². The van der Waals surface area contributed by atoms with Crippen LogP contribution in [0.4, 0.5) is 0 Å². The van der Waals surface area contributed by atoms with E-state index in [1.807, 2.05) is 0 Å². The van der Waals surface area contributed by atoms with Crippen LogP contribution in [0.1, 0.15) is 0 Å². The second-order valence-corrected chi connectivity index (χ2v) is 5.20. The van der Waals surface area contributed by atoms with Crippen molar-refractivity contribution in [3.8, 4) is 0 Å². The molecule has 0 atom stereocenters. The van der Waals surface area contributed by atoms with E-state index in [0.29, 0.717) is 0 Å². The van der Waals surface area contributed by atoms with Gasteiger partial charge in [0.2, 0.25) is 0 Å². The van der Waals surface area contributed by atoms with Gasteiger partial charge in [0, 0.05) is 64.8 Å². The Labute approximate surface area is 109 Å². The average Bonchev–Trinajstić information content (AvgIpc) is 2.40. The Bertz CT molecular complexity index is 204. The number of piperazine rings is 1. The van der Waals surface area contributed by atoms with Crippen molar-refractivity contribution in [3.63, 3.8) is 0 Å². The molecule has 2 saturated heterocycles. The van der Waals surface area contributed by atoms with Crippen molar-refractivity contribution in [1.29, 1.82) is 0 Å². The lowest BCUT2D eigenvalue weighted by Gasteiger charge is -2.36. The van der Waals surface area contributed by atoms with Gasteiger partial charge in [-0.2, -0.15) is 0 Å². The summed E-state index contributed by atoms with van der Waals surface area (Å²) in [6, 6.07) is 0. The summed E-state index contributed by atoms with van der Waals surface area (Å²) in [5.41, 5.74) is 0. The number of hydrogen-bond acceptors (Lipinski definition) is 4. The number of morpholine rings is 1. The van der Waals surface area contributed by atoms with E-state index in [1.165, 1.54) is 39.3 Å². The van der Waals surface area contributed by atoms with Crippen LogP contribution in [-0.4, -0.2) is 92.7 Å². The van der Waals surface area contributed by atoms with Crippen LogP contribution in [0.3, 0.4) is 0 Å². The minimum atomic E-state index is 0.758. The predicted octanol–water partition coefficient (Wildman–Crippen LogP) is 0.175. The van der Waals surface area contributed by atoms with E-state index in [0.717, 1.165) is 38.7 Å². The topological polar surface area (TPSA) is 19.0 Å². The molecule has 0 N–H and O–H groups in total. The first kappa shape index (κ1) is 13.6. The third kappa shape index (κ3) is 4.72. The maximum absolute atomic E-state index is 5.76. The SMILES string of the molecule is ClCCN1CCN(CCN2CCOCC2)CC1. The normalized spacial score (nSPS) is 25.2. The van der Waals surface area contributed by atoms with Gasteiger partial charge in [-0.3, -0.25) is 14.7 Å². The van der Waals surface area contributed by atoms with Crippen LogP contribution in [0.15, 0.2) is 0 Å². The van der Waals surface area contributed by atoms with Crippen molar-refractivity contribution in [3.05, 3.63) is 0 Å². The zero-order valence-electron chi connectivity index (χ0n) is 10.6. The minimum Gasteiger partial charge on any atom is -0.379 e. The standard InChI is InChI=1S/C12H24ClN3O/c13-1-2-14-3-5-15(6-4-14)7-8-16-9-11-17-12-10-16/h1-12H2. The summed E-state index contributed by atoms with van der Waals surface area (Å²) < 4.78 is 5.36. The van der Waals surface area contributed by atoms with Gasteiger partial charge in [-0.1, -0.05) is 0 Å². The third-order valence-corrected chi connectivity index (χ3v) is 3.87. The lowest BCUT2D eigenvalue weighted by Crippen LogP contribution is -2.49. The Morgan fingerprint density at radius 2 is 1.18 bits per heavy atom. The molecule has 0 bridgehead atoms. The largest absolute Gasteiger partial charge is 0.379 e. The van der Waals surface area contributed by atoms with E-state index in [4.69, 9.17) is 16.3 Å². The van der Waals surface area contributed by atoms with Crippen molar-refractivity contribution in [2.24, 2.45) is 0 Å². The Balaban J connectivity index is 1.57. The maximum atomic E-state index is 5.76. The summed E-state index contributed by atoms with van der Waals surface area (Å²) in [7, 11) is 0. The molecule has 0 unspecified atom stereocenters. The van der Waals surface area contributed by atoms with E-state index >= 15 is 0 Å². The van der Waals surface area contributed by atoms with Gasteiger partial charge in [-0.15, -0.1) is 11.6 Å². The molecule has 17 heavy (non-hydrogen) atoms. The Morgan fingerprint density at radius 3 is 1.71 bits per heavy atom. The third-order valence-electron chi connectivity index (χ3n) is 3.70. The lowest BCUT2D eigenvalue weighted by molar-refractivity contribution is 0.0301. The van der Waals surface area contributed by atoms with Gasteiger partial charge in [-0.05, 0) is 0 Å². The smallest absolute Gasteiger partial charge is 0.0594 e. The molecule has 0 aromatic carbocycles. The Kier molecular flexibility index (Phi) is 6.01.